The van der Waals surface area contributed by atoms with Gasteiger partial charge in [-0.3, -0.25) is 0 Å². The number of rotatable bonds is 2. The summed E-state index contributed by atoms with van der Waals surface area (Å²) in [4.78, 5) is 0. The second kappa shape index (κ2) is 4.92. The van der Waals surface area contributed by atoms with Crippen LogP contribution in [0.1, 0.15) is 46.3 Å². The normalized spacial score (nSPS) is 30.8. The minimum Gasteiger partial charge on any atom is -0.402 e. The summed E-state index contributed by atoms with van der Waals surface area (Å²) in [6, 6.07) is 0. The second-order valence-corrected chi connectivity index (χ2v) is 5.91. The first-order valence-corrected chi connectivity index (χ1v) is 7.05. The molecule has 0 bridgehead atoms. The molecule has 2 unspecified atom stereocenters. The van der Waals surface area contributed by atoms with Crippen LogP contribution in [0.15, 0.2) is 12.4 Å². The lowest BCUT2D eigenvalue weighted by atomic mass is 9.82. The van der Waals surface area contributed by atoms with Gasteiger partial charge in [0.2, 0.25) is 0 Å². The molecule has 2 atom stereocenters. The van der Waals surface area contributed by atoms with Crippen LogP contribution in [0, 0.1) is 0 Å². The molecule has 5 nitrogen and oxygen atoms in total. The highest BCUT2D eigenvalue weighted by Gasteiger charge is 2.44. The van der Waals surface area contributed by atoms with E-state index in [1.54, 1.807) is 0 Å². The van der Waals surface area contributed by atoms with Gasteiger partial charge in [0.1, 0.15) is 6.23 Å². The quantitative estimate of drug-likeness (QED) is 0.759. The van der Waals surface area contributed by atoms with Crippen molar-refractivity contribution in [3.63, 3.8) is 0 Å². The van der Waals surface area contributed by atoms with Crippen LogP contribution in [0.2, 0.25) is 0 Å². The van der Waals surface area contributed by atoms with Crippen LogP contribution in [0.5, 0.6) is 0 Å². The Morgan fingerprint density at radius 3 is 2.89 bits per heavy atom. The molecule has 1 aromatic heterocycles. The van der Waals surface area contributed by atoms with Crippen molar-refractivity contribution >= 4 is 12.6 Å². The molecule has 0 spiro atoms. The molecular weight excluding hydrogens is 243 g/mol. The number of aromatic nitrogens is 2. The Kier molecular flexibility index (Phi) is 3.41. The van der Waals surface area contributed by atoms with E-state index in [0.717, 1.165) is 24.9 Å². The summed E-state index contributed by atoms with van der Waals surface area (Å²) in [7, 11) is -0.317. The Labute approximate surface area is 114 Å². The highest BCUT2D eigenvalue weighted by molar-refractivity contribution is 6.61. The van der Waals surface area contributed by atoms with E-state index >= 15 is 0 Å². The van der Waals surface area contributed by atoms with Gasteiger partial charge in [0.15, 0.2) is 0 Å². The van der Waals surface area contributed by atoms with Gasteiger partial charge in [-0.2, -0.15) is 5.10 Å². The molecular formula is C13H21BN2O3. The largest absolute Gasteiger partial charge is 0.497 e. The van der Waals surface area contributed by atoms with Gasteiger partial charge in [-0.15, -0.1) is 0 Å². The molecule has 3 heterocycles. The van der Waals surface area contributed by atoms with E-state index in [0.29, 0.717) is 0 Å². The number of hydrogen-bond donors (Lipinski definition) is 0. The first-order valence-electron chi connectivity index (χ1n) is 7.05. The lowest BCUT2D eigenvalue weighted by Crippen LogP contribution is -2.34. The monoisotopic (exact) mass is 264 g/mol. The van der Waals surface area contributed by atoms with Crippen LogP contribution in [-0.4, -0.2) is 35.2 Å². The van der Waals surface area contributed by atoms with Crippen molar-refractivity contribution < 1.29 is 14.0 Å². The first kappa shape index (κ1) is 13.2. The molecule has 0 radical (unpaired) electrons. The van der Waals surface area contributed by atoms with Gasteiger partial charge in [0.05, 0.1) is 11.7 Å². The van der Waals surface area contributed by atoms with E-state index in [4.69, 9.17) is 14.0 Å². The molecule has 104 valence electrons. The van der Waals surface area contributed by atoms with Crippen LogP contribution in [0.4, 0.5) is 0 Å². The van der Waals surface area contributed by atoms with Crippen molar-refractivity contribution in [1.29, 1.82) is 0 Å². The second-order valence-electron chi connectivity index (χ2n) is 5.91. The maximum atomic E-state index is 5.93. The summed E-state index contributed by atoms with van der Waals surface area (Å²) in [6.45, 7) is 6.95. The fraction of sp³-hybridized carbons (Fsp3) is 0.769. The van der Waals surface area contributed by atoms with Crippen molar-refractivity contribution in [2.24, 2.45) is 0 Å². The fourth-order valence-corrected chi connectivity index (χ4v) is 2.46. The highest BCUT2D eigenvalue weighted by Crippen LogP contribution is 2.27. The molecule has 2 aliphatic rings. The lowest BCUT2D eigenvalue weighted by Gasteiger charge is -2.22. The van der Waals surface area contributed by atoms with E-state index in [9.17, 15) is 0 Å². The zero-order valence-electron chi connectivity index (χ0n) is 11.8. The number of hydrogen-bond acceptors (Lipinski definition) is 4. The maximum Gasteiger partial charge on any atom is 0.497 e. The molecule has 0 aliphatic carbocycles. The third kappa shape index (κ3) is 2.57. The Bertz CT molecular complexity index is 443. The summed E-state index contributed by atoms with van der Waals surface area (Å²) in [5.41, 5.74) is 0.709. The SMILES string of the molecule is CC1OB(c2cnn(C3CCCCO3)c2)OC1(C)C. The molecule has 1 aromatic rings. The molecule has 2 fully saturated rings. The molecule has 2 saturated heterocycles. The average Bonchev–Trinajstić information content (AvgIpc) is 2.97. The molecule has 0 N–H and O–H groups in total. The molecule has 3 rings (SSSR count). The summed E-state index contributed by atoms with van der Waals surface area (Å²) in [6.07, 6.45) is 7.30. The third-order valence-electron chi connectivity index (χ3n) is 4.06. The van der Waals surface area contributed by atoms with Gasteiger partial charge in [-0.05, 0) is 40.0 Å². The van der Waals surface area contributed by atoms with Crippen LogP contribution in [0.25, 0.3) is 0 Å². The highest BCUT2D eigenvalue weighted by atomic mass is 16.7. The number of nitrogens with zero attached hydrogens (tertiary/aromatic N) is 2. The molecule has 2 aliphatic heterocycles. The summed E-state index contributed by atoms with van der Waals surface area (Å²) < 4.78 is 19.4. The van der Waals surface area contributed by atoms with Crippen LogP contribution in [-0.2, 0) is 14.0 Å². The van der Waals surface area contributed by atoms with Gasteiger partial charge in [0, 0.05) is 24.5 Å². The fourth-order valence-electron chi connectivity index (χ4n) is 2.46. The maximum absolute atomic E-state index is 5.93. The summed E-state index contributed by atoms with van der Waals surface area (Å²) >= 11 is 0. The molecule has 0 aromatic carbocycles. The minimum atomic E-state index is -0.317. The Balaban J connectivity index is 1.71. The van der Waals surface area contributed by atoms with Gasteiger partial charge < -0.3 is 14.0 Å². The van der Waals surface area contributed by atoms with Crippen LogP contribution >= 0.6 is 0 Å². The van der Waals surface area contributed by atoms with E-state index < -0.39 is 0 Å². The van der Waals surface area contributed by atoms with Crippen LogP contribution in [0.3, 0.4) is 0 Å². The van der Waals surface area contributed by atoms with Crippen molar-refractivity contribution in [2.75, 3.05) is 6.61 Å². The van der Waals surface area contributed by atoms with Gasteiger partial charge in [-0.25, -0.2) is 4.68 Å². The molecule has 19 heavy (non-hydrogen) atoms. The predicted octanol–water partition coefficient (Wildman–Crippen LogP) is 1.49. The zero-order chi connectivity index (χ0) is 13.5. The average molecular weight is 264 g/mol. The molecule has 0 saturated carbocycles. The topological polar surface area (TPSA) is 45.5 Å². The molecule has 6 heteroatoms. The van der Waals surface area contributed by atoms with E-state index in [2.05, 4.69) is 5.10 Å². The standard InChI is InChI=1S/C13H21BN2O3/c1-10-13(2,3)19-14(18-10)11-8-15-16(9-11)12-6-4-5-7-17-12/h8-10,12H,4-7H2,1-3H3. The Morgan fingerprint density at radius 2 is 2.26 bits per heavy atom. The minimum absolute atomic E-state index is 0.0642. The first-order chi connectivity index (χ1) is 9.06. The van der Waals surface area contributed by atoms with E-state index in [1.165, 1.54) is 6.42 Å². The zero-order valence-corrected chi connectivity index (χ0v) is 11.8. The summed E-state index contributed by atoms with van der Waals surface area (Å²) in [5, 5.41) is 4.39. The summed E-state index contributed by atoms with van der Waals surface area (Å²) in [5.74, 6) is 0. The third-order valence-corrected chi connectivity index (χ3v) is 4.06. The smallest absolute Gasteiger partial charge is 0.402 e. The van der Waals surface area contributed by atoms with E-state index in [-0.39, 0.29) is 25.1 Å². The number of ether oxygens (including phenoxy) is 1. The predicted molar refractivity (Wildman–Crippen MR) is 72.2 cm³/mol. The van der Waals surface area contributed by atoms with Crippen molar-refractivity contribution in [2.45, 2.75) is 58.0 Å². The lowest BCUT2D eigenvalue weighted by molar-refractivity contribution is -0.0394. The van der Waals surface area contributed by atoms with E-state index in [1.807, 2.05) is 37.8 Å². The van der Waals surface area contributed by atoms with Crippen molar-refractivity contribution in [3.05, 3.63) is 12.4 Å². The molecule has 0 amide bonds. The van der Waals surface area contributed by atoms with Crippen molar-refractivity contribution in [3.8, 4) is 0 Å². The van der Waals surface area contributed by atoms with Crippen molar-refractivity contribution in [1.82, 2.24) is 9.78 Å². The van der Waals surface area contributed by atoms with Gasteiger partial charge in [-0.1, -0.05) is 0 Å². The Morgan fingerprint density at radius 1 is 1.42 bits per heavy atom. The van der Waals surface area contributed by atoms with Gasteiger partial charge >= 0.3 is 7.12 Å². The van der Waals surface area contributed by atoms with Crippen LogP contribution < -0.4 is 5.46 Å². The van der Waals surface area contributed by atoms with Gasteiger partial charge in [0.25, 0.3) is 0 Å². The Hall–Kier alpha value is -0.845.